The molecular formula is C20H21ClN4O2S. The van der Waals surface area contributed by atoms with Crippen molar-refractivity contribution in [3.8, 4) is 5.69 Å². The number of nitrogens with zero attached hydrogens (tertiary/aromatic N) is 3. The molecular weight excluding hydrogens is 396 g/mol. The molecule has 1 aromatic carbocycles. The average Bonchev–Trinajstić information content (AvgIpc) is 3.17. The molecule has 0 aliphatic rings. The fraction of sp³-hybridized carbons (Fsp3) is 0.250. The Kier molecular flexibility index (Phi) is 6.28. The SMILES string of the molecule is Cc1cc(=O)c(C(=O)NC[C@@H](c2ccsc2)N(C)C)nn1-c1ccc(Cl)cc1. The Balaban J connectivity index is 1.84. The predicted molar refractivity (Wildman–Crippen MR) is 113 cm³/mol. The van der Waals surface area contributed by atoms with Gasteiger partial charge in [0, 0.05) is 23.3 Å². The van der Waals surface area contributed by atoms with Crippen molar-refractivity contribution in [3.63, 3.8) is 0 Å². The summed E-state index contributed by atoms with van der Waals surface area (Å²) in [6, 6.07) is 10.5. The molecule has 146 valence electrons. The summed E-state index contributed by atoms with van der Waals surface area (Å²) in [6.45, 7) is 2.14. The van der Waals surface area contributed by atoms with E-state index in [1.165, 1.54) is 6.07 Å². The van der Waals surface area contributed by atoms with E-state index in [2.05, 4.69) is 15.8 Å². The van der Waals surface area contributed by atoms with E-state index in [9.17, 15) is 9.59 Å². The summed E-state index contributed by atoms with van der Waals surface area (Å²) in [5.41, 5.74) is 1.93. The lowest BCUT2D eigenvalue weighted by atomic mass is 10.1. The number of amides is 1. The first-order chi connectivity index (χ1) is 13.4. The van der Waals surface area contributed by atoms with Crippen molar-refractivity contribution in [2.24, 2.45) is 0 Å². The lowest BCUT2D eigenvalue weighted by Gasteiger charge is -2.23. The molecule has 3 rings (SSSR count). The number of aromatic nitrogens is 2. The first-order valence-corrected chi connectivity index (χ1v) is 10.0. The monoisotopic (exact) mass is 416 g/mol. The van der Waals surface area contributed by atoms with Gasteiger partial charge in [-0.2, -0.15) is 16.4 Å². The van der Waals surface area contributed by atoms with Crippen LogP contribution in [0.2, 0.25) is 5.02 Å². The molecule has 0 bridgehead atoms. The summed E-state index contributed by atoms with van der Waals surface area (Å²) in [5.74, 6) is -0.491. The third-order valence-corrected chi connectivity index (χ3v) is 5.35. The predicted octanol–water partition coefficient (Wildman–Crippen LogP) is 3.29. The van der Waals surface area contributed by atoms with Crippen LogP contribution in [0.25, 0.3) is 5.69 Å². The van der Waals surface area contributed by atoms with Gasteiger partial charge in [0.1, 0.15) is 0 Å². The highest BCUT2D eigenvalue weighted by atomic mass is 35.5. The molecule has 0 unspecified atom stereocenters. The van der Waals surface area contributed by atoms with Gasteiger partial charge >= 0.3 is 0 Å². The number of likely N-dealkylation sites (N-methyl/N-ethyl adjacent to an activating group) is 1. The number of rotatable bonds is 6. The molecule has 0 spiro atoms. The smallest absolute Gasteiger partial charge is 0.275 e. The van der Waals surface area contributed by atoms with Crippen LogP contribution < -0.4 is 10.7 Å². The van der Waals surface area contributed by atoms with Crippen LogP contribution in [0, 0.1) is 6.92 Å². The fourth-order valence-electron chi connectivity index (χ4n) is 2.88. The molecule has 1 amide bonds. The van der Waals surface area contributed by atoms with Crippen LogP contribution in [-0.4, -0.2) is 41.2 Å². The van der Waals surface area contributed by atoms with Crippen LogP contribution in [0.5, 0.6) is 0 Å². The van der Waals surface area contributed by atoms with E-state index >= 15 is 0 Å². The maximum Gasteiger partial charge on any atom is 0.275 e. The Labute approximate surface area is 172 Å². The normalized spacial score (nSPS) is 12.2. The van der Waals surface area contributed by atoms with Crippen LogP contribution in [0.3, 0.4) is 0 Å². The Morgan fingerprint density at radius 2 is 2.00 bits per heavy atom. The number of hydrogen-bond acceptors (Lipinski definition) is 5. The van der Waals surface area contributed by atoms with E-state index in [4.69, 9.17) is 11.6 Å². The quantitative estimate of drug-likeness (QED) is 0.669. The van der Waals surface area contributed by atoms with Crippen molar-refractivity contribution in [1.29, 1.82) is 0 Å². The molecule has 0 aliphatic carbocycles. The molecule has 3 aromatic rings. The fourth-order valence-corrected chi connectivity index (χ4v) is 3.72. The van der Waals surface area contributed by atoms with Crippen molar-refractivity contribution >= 4 is 28.8 Å². The second kappa shape index (κ2) is 8.68. The molecule has 0 aliphatic heterocycles. The summed E-state index contributed by atoms with van der Waals surface area (Å²) in [6.07, 6.45) is 0. The Bertz CT molecular complexity index is 1010. The number of nitrogens with one attached hydrogen (secondary N) is 1. The standard InChI is InChI=1S/C20H21ClN4O2S/c1-13-10-18(26)19(23-25(13)16-6-4-15(21)5-7-16)20(27)22-11-17(24(2)3)14-8-9-28-12-14/h4-10,12,17H,11H2,1-3H3,(H,22,27)/t17-/m0/s1. The van der Waals surface area contributed by atoms with Gasteiger partial charge in [0.25, 0.3) is 5.91 Å². The molecule has 1 atom stereocenters. The van der Waals surface area contributed by atoms with E-state index in [0.717, 1.165) is 11.3 Å². The average molecular weight is 417 g/mol. The summed E-state index contributed by atoms with van der Waals surface area (Å²) < 4.78 is 1.56. The molecule has 28 heavy (non-hydrogen) atoms. The Morgan fingerprint density at radius 1 is 1.29 bits per heavy atom. The summed E-state index contributed by atoms with van der Waals surface area (Å²) in [5, 5.41) is 11.8. The second-order valence-corrected chi connectivity index (χ2v) is 7.85. The van der Waals surface area contributed by atoms with Gasteiger partial charge in [0.15, 0.2) is 5.69 Å². The van der Waals surface area contributed by atoms with Gasteiger partial charge in [-0.05, 0) is 67.7 Å². The third kappa shape index (κ3) is 4.49. The number of hydrogen-bond donors (Lipinski definition) is 1. The Hall–Kier alpha value is -2.48. The first-order valence-electron chi connectivity index (χ1n) is 8.70. The maximum atomic E-state index is 12.7. The van der Waals surface area contributed by atoms with Gasteiger partial charge in [0.05, 0.1) is 11.7 Å². The minimum absolute atomic E-state index is 0.0131. The number of halogens is 1. The second-order valence-electron chi connectivity index (χ2n) is 6.63. The summed E-state index contributed by atoms with van der Waals surface area (Å²) >= 11 is 7.54. The molecule has 0 fully saturated rings. The molecule has 1 N–H and O–H groups in total. The molecule has 2 heterocycles. The van der Waals surface area contributed by atoms with Crippen LogP contribution in [0.15, 0.2) is 52.0 Å². The number of carbonyl (C=O) groups excluding carboxylic acids is 1. The van der Waals surface area contributed by atoms with Crippen molar-refractivity contribution in [2.75, 3.05) is 20.6 Å². The van der Waals surface area contributed by atoms with E-state index in [1.807, 2.05) is 30.4 Å². The van der Waals surface area contributed by atoms with Crippen molar-refractivity contribution in [3.05, 3.63) is 79.4 Å². The molecule has 0 saturated heterocycles. The van der Waals surface area contributed by atoms with E-state index in [0.29, 0.717) is 17.3 Å². The van der Waals surface area contributed by atoms with E-state index in [-0.39, 0.29) is 11.7 Å². The molecule has 6 nitrogen and oxygen atoms in total. The van der Waals surface area contributed by atoms with E-state index in [1.54, 1.807) is 47.2 Å². The largest absolute Gasteiger partial charge is 0.349 e. The highest BCUT2D eigenvalue weighted by Gasteiger charge is 2.19. The first kappa shape index (κ1) is 20.3. The molecule has 0 radical (unpaired) electrons. The highest BCUT2D eigenvalue weighted by Crippen LogP contribution is 2.20. The van der Waals surface area contributed by atoms with Crippen LogP contribution in [0.1, 0.15) is 27.8 Å². The van der Waals surface area contributed by atoms with Crippen LogP contribution in [0.4, 0.5) is 0 Å². The number of benzene rings is 1. The highest BCUT2D eigenvalue weighted by molar-refractivity contribution is 7.07. The Morgan fingerprint density at radius 3 is 2.61 bits per heavy atom. The van der Waals surface area contributed by atoms with Crippen molar-refractivity contribution in [2.45, 2.75) is 13.0 Å². The van der Waals surface area contributed by atoms with Crippen molar-refractivity contribution < 1.29 is 4.79 Å². The van der Waals surface area contributed by atoms with Gasteiger partial charge in [-0.25, -0.2) is 4.68 Å². The van der Waals surface area contributed by atoms with Crippen LogP contribution >= 0.6 is 22.9 Å². The summed E-state index contributed by atoms with van der Waals surface area (Å²) in [4.78, 5) is 27.1. The maximum absolute atomic E-state index is 12.7. The van der Waals surface area contributed by atoms with Gasteiger partial charge in [-0.3, -0.25) is 9.59 Å². The number of thiophene rings is 1. The third-order valence-electron chi connectivity index (χ3n) is 4.40. The summed E-state index contributed by atoms with van der Waals surface area (Å²) in [7, 11) is 3.90. The minimum atomic E-state index is -0.491. The zero-order valence-corrected chi connectivity index (χ0v) is 17.4. The topological polar surface area (TPSA) is 67.2 Å². The molecule has 8 heteroatoms. The molecule has 2 aromatic heterocycles. The van der Waals surface area contributed by atoms with Crippen molar-refractivity contribution in [1.82, 2.24) is 20.0 Å². The molecule has 0 saturated carbocycles. The number of aryl methyl sites for hydroxylation is 1. The zero-order chi connectivity index (χ0) is 20.3. The van der Waals surface area contributed by atoms with Gasteiger partial charge in [-0.15, -0.1) is 0 Å². The van der Waals surface area contributed by atoms with Gasteiger partial charge in [-0.1, -0.05) is 11.6 Å². The van der Waals surface area contributed by atoms with Gasteiger partial charge < -0.3 is 10.2 Å². The number of carbonyl (C=O) groups is 1. The zero-order valence-electron chi connectivity index (χ0n) is 15.8. The lowest BCUT2D eigenvalue weighted by Crippen LogP contribution is -2.37. The van der Waals surface area contributed by atoms with Crippen LogP contribution in [-0.2, 0) is 0 Å². The lowest BCUT2D eigenvalue weighted by molar-refractivity contribution is 0.0934. The van der Waals surface area contributed by atoms with Gasteiger partial charge in [0.2, 0.25) is 5.43 Å². The van der Waals surface area contributed by atoms with E-state index < -0.39 is 11.3 Å². The minimum Gasteiger partial charge on any atom is -0.349 e.